The van der Waals surface area contributed by atoms with Crippen LogP contribution in [0.4, 0.5) is 0 Å². The summed E-state index contributed by atoms with van der Waals surface area (Å²) in [5.41, 5.74) is 0.808. The van der Waals surface area contributed by atoms with E-state index in [0.29, 0.717) is 10.5 Å². The van der Waals surface area contributed by atoms with E-state index in [4.69, 9.17) is 17.3 Å². The zero-order valence-corrected chi connectivity index (χ0v) is 7.66. The van der Waals surface area contributed by atoms with Gasteiger partial charge in [-0.05, 0) is 18.1 Å². The summed E-state index contributed by atoms with van der Waals surface area (Å²) in [7, 11) is 0. The molecule has 1 rings (SSSR count). The highest BCUT2D eigenvalue weighted by molar-refractivity contribution is 7.71. The van der Waals surface area contributed by atoms with Gasteiger partial charge in [0.15, 0.2) is 4.77 Å². The molecule has 0 unspecified atom stereocenters. The van der Waals surface area contributed by atoms with E-state index < -0.39 is 5.97 Å². The van der Waals surface area contributed by atoms with Crippen LogP contribution in [0.1, 0.15) is 35.9 Å². The van der Waals surface area contributed by atoms with Crippen molar-refractivity contribution < 1.29 is 9.90 Å². The van der Waals surface area contributed by atoms with E-state index in [9.17, 15) is 4.79 Å². The Morgan fingerprint density at radius 2 is 2.08 bits per heavy atom. The van der Waals surface area contributed by atoms with Gasteiger partial charge in [-0.1, -0.05) is 13.8 Å². The number of nitrogens with one attached hydrogen (secondary N) is 2. The lowest BCUT2D eigenvalue weighted by Gasteiger charge is -2.01. The molecule has 66 valence electrons. The molecule has 0 aliphatic rings. The van der Waals surface area contributed by atoms with E-state index in [1.54, 1.807) is 0 Å². The molecule has 0 radical (unpaired) electrons. The summed E-state index contributed by atoms with van der Waals surface area (Å²) in [4.78, 5) is 16.0. The summed E-state index contributed by atoms with van der Waals surface area (Å²) < 4.78 is 0.358. The van der Waals surface area contributed by atoms with Crippen molar-refractivity contribution in [3.8, 4) is 0 Å². The molecular weight excluding hydrogens is 176 g/mol. The first-order chi connectivity index (χ1) is 5.52. The molecule has 3 N–H and O–H groups in total. The second-order valence-electron chi connectivity index (χ2n) is 2.83. The first-order valence-corrected chi connectivity index (χ1v) is 3.98. The molecule has 0 bridgehead atoms. The maximum atomic E-state index is 10.6. The Balaban J connectivity index is 3.26. The van der Waals surface area contributed by atoms with Crippen molar-refractivity contribution in [3.05, 3.63) is 16.2 Å². The minimum absolute atomic E-state index is 0.129. The molecule has 0 aliphatic carbocycles. The van der Waals surface area contributed by atoms with E-state index in [-0.39, 0.29) is 11.6 Å². The third-order valence-corrected chi connectivity index (χ3v) is 1.75. The molecule has 1 aromatic rings. The highest BCUT2D eigenvalue weighted by atomic mass is 32.1. The van der Waals surface area contributed by atoms with Crippen molar-refractivity contribution >= 4 is 18.2 Å². The number of aromatic nitrogens is 2. The van der Waals surface area contributed by atoms with Gasteiger partial charge in [0.2, 0.25) is 0 Å². The van der Waals surface area contributed by atoms with Crippen LogP contribution in [0.15, 0.2) is 0 Å². The van der Waals surface area contributed by atoms with Gasteiger partial charge in [0.25, 0.3) is 0 Å². The number of H-pyrrole nitrogens is 2. The van der Waals surface area contributed by atoms with E-state index >= 15 is 0 Å². The van der Waals surface area contributed by atoms with E-state index in [1.807, 2.05) is 13.8 Å². The van der Waals surface area contributed by atoms with Gasteiger partial charge in [0, 0.05) is 0 Å². The number of hydrogen-bond donors (Lipinski definition) is 3. The third-order valence-electron chi connectivity index (χ3n) is 1.55. The van der Waals surface area contributed by atoms with Crippen LogP contribution in [0.2, 0.25) is 0 Å². The van der Waals surface area contributed by atoms with Gasteiger partial charge in [0.05, 0.1) is 5.69 Å². The van der Waals surface area contributed by atoms with Gasteiger partial charge in [-0.2, -0.15) is 0 Å². The van der Waals surface area contributed by atoms with Crippen molar-refractivity contribution in [2.45, 2.75) is 19.8 Å². The minimum Gasteiger partial charge on any atom is -0.477 e. The first-order valence-electron chi connectivity index (χ1n) is 3.58. The van der Waals surface area contributed by atoms with Crippen molar-refractivity contribution in [2.24, 2.45) is 0 Å². The van der Waals surface area contributed by atoms with E-state index in [0.717, 1.165) is 0 Å². The quantitative estimate of drug-likeness (QED) is 0.618. The van der Waals surface area contributed by atoms with Crippen LogP contribution in [0.5, 0.6) is 0 Å². The Kier molecular flexibility index (Phi) is 2.32. The average Bonchev–Trinajstić information content (AvgIpc) is 2.31. The van der Waals surface area contributed by atoms with Gasteiger partial charge >= 0.3 is 5.97 Å². The fourth-order valence-corrected chi connectivity index (χ4v) is 1.21. The Hall–Kier alpha value is -1.10. The average molecular weight is 186 g/mol. The van der Waals surface area contributed by atoms with Crippen LogP contribution in [-0.2, 0) is 0 Å². The molecule has 1 aromatic heterocycles. The molecular formula is C7H10N2O2S. The Bertz CT molecular complexity index is 351. The zero-order valence-electron chi connectivity index (χ0n) is 6.84. The number of imidazole rings is 1. The second kappa shape index (κ2) is 3.10. The smallest absolute Gasteiger partial charge is 0.354 e. The SMILES string of the molecule is CC(C)c1[nH]c(=S)[nH]c1C(=O)O. The highest BCUT2D eigenvalue weighted by Crippen LogP contribution is 2.15. The fraction of sp³-hybridized carbons (Fsp3) is 0.429. The molecule has 0 amide bonds. The number of rotatable bonds is 2. The number of aromatic carboxylic acids is 1. The number of hydrogen-bond acceptors (Lipinski definition) is 2. The summed E-state index contributed by atoms with van der Waals surface area (Å²) in [6, 6.07) is 0. The van der Waals surface area contributed by atoms with E-state index in [1.165, 1.54) is 0 Å². The Morgan fingerprint density at radius 1 is 1.50 bits per heavy atom. The number of aromatic amines is 2. The lowest BCUT2D eigenvalue weighted by molar-refractivity contribution is 0.0689. The van der Waals surface area contributed by atoms with Crippen LogP contribution in [0.3, 0.4) is 0 Å². The van der Waals surface area contributed by atoms with Crippen LogP contribution >= 0.6 is 12.2 Å². The Labute approximate surface area is 74.6 Å². The fourth-order valence-electron chi connectivity index (χ4n) is 0.999. The summed E-state index contributed by atoms with van der Waals surface area (Å²) in [5, 5.41) is 8.73. The maximum Gasteiger partial charge on any atom is 0.354 e. The largest absolute Gasteiger partial charge is 0.477 e. The van der Waals surface area contributed by atoms with Gasteiger partial charge in [-0.3, -0.25) is 0 Å². The van der Waals surface area contributed by atoms with Gasteiger partial charge in [-0.15, -0.1) is 0 Å². The van der Waals surface area contributed by atoms with Gasteiger partial charge < -0.3 is 15.1 Å². The zero-order chi connectivity index (χ0) is 9.30. The summed E-state index contributed by atoms with van der Waals surface area (Å²) in [6.45, 7) is 3.81. The minimum atomic E-state index is -0.981. The molecule has 4 nitrogen and oxygen atoms in total. The molecule has 12 heavy (non-hydrogen) atoms. The molecule has 0 spiro atoms. The van der Waals surface area contributed by atoms with Crippen molar-refractivity contribution in [3.63, 3.8) is 0 Å². The van der Waals surface area contributed by atoms with Crippen molar-refractivity contribution in [1.29, 1.82) is 0 Å². The van der Waals surface area contributed by atoms with E-state index in [2.05, 4.69) is 9.97 Å². The van der Waals surface area contributed by atoms with Crippen LogP contribution in [-0.4, -0.2) is 21.0 Å². The third kappa shape index (κ3) is 1.55. The lowest BCUT2D eigenvalue weighted by Crippen LogP contribution is -2.02. The normalized spacial score (nSPS) is 10.6. The predicted molar refractivity (Wildman–Crippen MR) is 47.0 cm³/mol. The number of carbonyl (C=O) groups is 1. The summed E-state index contributed by atoms with van der Waals surface area (Å²) in [6.07, 6.45) is 0. The molecule has 0 saturated carbocycles. The summed E-state index contributed by atoms with van der Waals surface area (Å²) in [5.74, 6) is -0.852. The number of carboxylic acid groups (broad SMARTS) is 1. The second-order valence-corrected chi connectivity index (χ2v) is 3.24. The van der Waals surface area contributed by atoms with Gasteiger partial charge in [-0.25, -0.2) is 4.79 Å². The van der Waals surface area contributed by atoms with Crippen molar-refractivity contribution in [1.82, 2.24) is 9.97 Å². The molecule has 0 fully saturated rings. The maximum absolute atomic E-state index is 10.6. The number of carboxylic acids is 1. The first kappa shape index (κ1) is 8.99. The summed E-state index contributed by atoms with van der Waals surface area (Å²) >= 11 is 4.78. The molecule has 5 heteroatoms. The van der Waals surface area contributed by atoms with Crippen LogP contribution in [0, 0.1) is 4.77 Å². The topological polar surface area (TPSA) is 68.9 Å². The molecule has 0 aliphatic heterocycles. The van der Waals surface area contributed by atoms with Gasteiger partial charge in [0.1, 0.15) is 5.69 Å². The van der Waals surface area contributed by atoms with Crippen LogP contribution < -0.4 is 0 Å². The Morgan fingerprint density at radius 3 is 2.42 bits per heavy atom. The molecule has 0 aromatic carbocycles. The molecule has 1 heterocycles. The predicted octanol–water partition coefficient (Wildman–Crippen LogP) is 1.89. The lowest BCUT2D eigenvalue weighted by atomic mass is 10.1. The highest BCUT2D eigenvalue weighted by Gasteiger charge is 2.14. The molecule has 0 saturated heterocycles. The van der Waals surface area contributed by atoms with Crippen LogP contribution in [0.25, 0.3) is 0 Å². The standard InChI is InChI=1S/C7H10N2O2S/c1-3(2)4-5(6(10)11)9-7(12)8-4/h3H,1-2H3,(H,10,11)(H2,8,9,12). The molecule has 0 atom stereocenters. The van der Waals surface area contributed by atoms with Crippen molar-refractivity contribution in [2.75, 3.05) is 0 Å². The monoisotopic (exact) mass is 186 g/mol.